The van der Waals surface area contributed by atoms with E-state index in [1.807, 2.05) is 12.1 Å². The van der Waals surface area contributed by atoms with Gasteiger partial charge >= 0.3 is 0 Å². The fourth-order valence-electron chi connectivity index (χ4n) is 2.88. The first-order chi connectivity index (χ1) is 8.65. The molecular weight excluding hydrogens is 242 g/mol. The van der Waals surface area contributed by atoms with E-state index in [-0.39, 0.29) is 0 Å². The van der Waals surface area contributed by atoms with Crippen LogP contribution in [0.15, 0.2) is 24.3 Å². The van der Waals surface area contributed by atoms with Crippen LogP contribution in [0, 0.1) is 5.92 Å². The molecule has 1 aliphatic rings. The summed E-state index contributed by atoms with van der Waals surface area (Å²) in [6.07, 6.45) is 6.74. The summed E-state index contributed by atoms with van der Waals surface area (Å²) in [4.78, 5) is 0. The Labute approximate surface area is 116 Å². The molecule has 1 saturated carbocycles. The maximum absolute atomic E-state index is 6.05. The van der Waals surface area contributed by atoms with Crippen LogP contribution in [0.2, 0.25) is 5.02 Å². The van der Waals surface area contributed by atoms with Crippen LogP contribution in [-0.2, 0) is 0 Å². The SMILES string of the molecule is CC1CCCC(N[C@@H](C)c2cccc(Cl)c2)CC1. The van der Waals surface area contributed by atoms with Gasteiger partial charge in [0, 0.05) is 17.1 Å². The molecule has 0 heterocycles. The molecule has 1 aromatic carbocycles. The van der Waals surface area contributed by atoms with E-state index in [4.69, 9.17) is 11.6 Å². The highest BCUT2D eigenvalue weighted by Gasteiger charge is 2.18. The van der Waals surface area contributed by atoms with Gasteiger partial charge in [-0.25, -0.2) is 0 Å². The molecule has 0 radical (unpaired) electrons. The summed E-state index contributed by atoms with van der Waals surface area (Å²) in [7, 11) is 0. The van der Waals surface area contributed by atoms with Crippen LogP contribution in [0.3, 0.4) is 0 Å². The third kappa shape index (κ3) is 4.00. The van der Waals surface area contributed by atoms with Crippen molar-refractivity contribution in [3.05, 3.63) is 34.9 Å². The van der Waals surface area contributed by atoms with E-state index in [1.54, 1.807) is 0 Å². The second-order valence-corrected chi connectivity index (χ2v) is 6.19. The number of benzene rings is 1. The lowest BCUT2D eigenvalue weighted by Crippen LogP contribution is -2.31. The number of hydrogen-bond donors (Lipinski definition) is 1. The van der Waals surface area contributed by atoms with Crippen molar-refractivity contribution in [2.24, 2.45) is 5.92 Å². The highest BCUT2D eigenvalue weighted by molar-refractivity contribution is 6.30. The average molecular weight is 266 g/mol. The number of rotatable bonds is 3. The van der Waals surface area contributed by atoms with Crippen LogP contribution in [0.4, 0.5) is 0 Å². The third-order valence-corrected chi connectivity index (χ3v) is 4.33. The molecule has 0 bridgehead atoms. The molecule has 2 rings (SSSR count). The van der Waals surface area contributed by atoms with E-state index in [9.17, 15) is 0 Å². The Balaban J connectivity index is 1.92. The van der Waals surface area contributed by atoms with Crippen molar-refractivity contribution < 1.29 is 0 Å². The van der Waals surface area contributed by atoms with Gasteiger partial charge in [-0.15, -0.1) is 0 Å². The summed E-state index contributed by atoms with van der Waals surface area (Å²) in [5.41, 5.74) is 1.29. The van der Waals surface area contributed by atoms with Gasteiger partial charge in [-0.2, -0.15) is 0 Å². The normalized spacial score (nSPS) is 26.6. The summed E-state index contributed by atoms with van der Waals surface area (Å²) in [6.45, 7) is 4.61. The topological polar surface area (TPSA) is 12.0 Å². The van der Waals surface area contributed by atoms with Crippen molar-refractivity contribution in [3.63, 3.8) is 0 Å². The predicted molar refractivity (Wildman–Crippen MR) is 79.0 cm³/mol. The minimum atomic E-state index is 0.391. The molecule has 0 aliphatic heterocycles. The maximum atomic E-state index is 6.05. The van der Waals surface area contributed by atoms with Crippen LogP contribution in [0.5, 0.6) is 0 Å². The molecular formula is C16H24ClN. The molecule has 0 saturated heterocycles. The Hall–Kier alpha value is -0.530. The fraction of sp³-hybridized carbons (Fsp3) is 0.625. The predicted octanol–water partition coefficient (Wildman–Crippen LogP) is 4.96. The van der Waals surface area contributed by atoms with Gasteiger partial charge in [0.25, 0.3) is 0 Å². The quantitative estimate of drug-likeness (QED) is 0.762. The molecule has 0 aromatic heterocycles. The van der Waals surface area contributed by atoms with Gasteiger partial charge < -0.3 is 5.32 Å². The summed E-state index contributed by atoms with van der Waals surface area (Å²) in [5.74, 6) is 0.901. The number of hydrogen-bond acceptors (Lipinski definition) is 1. The first-order valence-electron chi connectivity index (χ1n) is 7.16. The van der Waals surface area contributed by atoms with E-state index in [0.29, 0.717) is 12.1 Å². The molecule has 1 aliphatic carbocycles. The van der Waals surface area contributed by atoms with Gasteiger partial charge in [0.05, 0.1) is 0 Å². The van der Waals surface area contributed by atoms with Crippen LogP contribution < -0.4 is 5.32 Å². The molecule has 2 unspecified atom stereocenters. The molecule has 1 fully saturated rings. The second-order valence-electron chi connectivity index (χ2n) is 5.75. The van der Waals surface area contributed by atoms with Gasteiger partial charge in [-0.05, 0) is 49.8 Å². The summed E-state index contributed by atoms with van der Waals surface area (Å²) in [5, 5.41) is 4.59. The minimum Gasteiger partial charge on any atom is -0.307 e. The maximum Gasteiger partial charge on any atom is 0.0409 e. The van der Waals surface area contributed by atoms with Crippen LogP contribution in [0.1, 0.15) is 57.6 Å². The zero-order valence-electron chi connectivity index (χ0n) is 11.5. The Morgan fingerprint density at radius 1 is 1.22 bits per heavy atom. The van der Waals surface area contributed by atoms with Gasteiger partial charge in [0.2, 0.25) is 0 Å². The Morgan fingerprint density at radius 3 is 2.83 bits per heavy atom. The summed E-state index contributed by atoms with van der Waals surface area (Å²) >= 11 is 6.05. The second kappa shape index (κ2) is 6.58. The van der Waals surface area contributed by atoms with Gasteiger partial charge in [-0.1, -0.05) is 43.5 Å². The first kappa shape index (κ1) is 13.9. The zero-order chi connectivity index (χ0) is 13.0. The Morgan fingerprint density at radius 2 is 2.06 bits per heavy atom. The molecule has 18 heavy (non-hydrogen) atoms. The van der Waals surface area contributed by atoms with Crippen molar-refractivity contribution in [1.29, 1.82) is 0 Å². The third-order valence-electron chi connectivity index (χ3n) is 4.09. The van der Waals surface area contributed by atoms with Crippen LogP contribution >= 0.6 is 11.6 Å². The average Bonchev–Trinajstić information content (AvgIpc) is 2.54. The standard InChI is InChI=1S/C16H24ClN/c1-12-5-3-8-16(10-9-12)18-13(2)14-6-4-7-15(17)11-14/h4,6-7,11-13,16,18H,3,5,8-10H2,1-2H3/t12?,13-,16?/m0/s1. The summed E-state index contributed by atoms with van der Waals surface area (Å²) in [6, 6.07) is 9.25. The lowest BCUT2D eigenvalue weighted by Gasteiger charge is -2.22. The van der Waals surface area contributed by atoms with E-state index in [2.05, 4.69) is 31.3 Å². The van der Waals surface area contributed by atoms with E-state index in [0.717, 1.165) is 10.9 Å². The van der Waals surface area contributed by atoms with Crippen molar-refractivity contribution in [2.75, 3.05) is 0 Å². The molecule has 0 amide bonds. The first-order valence-corrected chi connectivity index (χ1v) is 7.54. The number of nitrogens with one attached hydrogen (secondary N) is 1. The Bertz CT molecular complexity index is 377. The van der Waals surface area contributed by atoms with Crippen molar-refractivity contribution in [1.82, 2.24) is 5.32 Å². The molecule has 100 valence electrons. The van der Waals surface area contributed by atoms with Gasteiger partial charge in [0.1, 0.15) is 0 Å². The lowest BCUT2D eigenvalue weighted by atomic mass is 10.0. The van der Waals surface area contributed by atoms with Crippen LogP contribution in [-0.4, -0.2) is 6.04 Å². The molecule has 1 nitrogen and oxygen atoms in total. The highest BCUT2D eigenvalue weighted by atomic mass is 35.5. The smallest absolute Gasteiger partial charge is 0.0409 e. The molecule has 1 aromatic rings. The van der Waals surface area contributed by atoms with Crippen LogP contribution in [0.25, 0.3) is 0 Å². The Kier molecular flexibility index (Phi) is 5.08. The molecule has 3 atom stereocenters. The highest BCUT2D eigenvalue weighted by Crippen LogP contribution is 2.25. The number of halogens is 1. The zero-order valence-corrected chi connectivity index (χ0v) is 12.2. The monoisotopic (exact) mass is 265 g/mol. The van der Waals surface area contributed by atoms with Crippen molar-refractivity contribution in [2.45, 2.75) is 58.0 Å². The molecule has 1 N–H and O–H groups in total. The fourth-order valence-corrected chi connectivity index (χ4v) is 3.08. The van der Waals surface area contributed by atoms with Gasteiger partial charge in [-0.3, -0.25) is 0 Å². The molecule has 2 heteroatoms. The van der Waals surface area contributed by atoms with E-state index in [1.165, 1.54) is 37.7 Å². The van der Waals surface area contributed by atoms with Crippen molar-refractivity contribution >= 4 is 11.6 Å². The van der Waals surface area contributed by atoms with Crippen molar-refractivity contribution in [3.8, 4) is 0 Å². The lowest BCUT2D eigenvalue weighted by molar-refractivity contribution is 0.408. The van der Waals surface area contributed by atoms with E-state index < -0.39 is 0 Å². The molecule has 0 spiro atoms. The largest absolute Gasteiger partial charge is 0.307 e. The van der Waals surface area contributed by atoms with Gasteiger partial charge in [0.15, 0.2) is 0 Å². The van der Waals surface area contributed by atoms with E-state index >= 15 is 0 Å². The minimum absolute atomic E-state index is 0.391. The summed E-state index contributed by atoms with van der Waals surface area (Å²) < 4.78 is 0.